The summed E-state index contributed by atoms with van der Waals surface area (Å²) in [6, 6.07) is 11.5. The molecule has 0 aliphatic rings. The molecular weight excluding hydrogens is 300 g/mol. The van der Waals surface area contributed by atoms with Gasteiger partial charge in [0.15, 0.2) is 0 Å². The largest absolute Gasteiger partial charge is 0.496 e. The van der Waals surface area contributed by atoms with Crippen LogP contribution in [0.25, 0.3) is 10.8 Å². The molecule has 0 heterocycles. The molecule has 3 N–H and O–H groups in total. The lowest BCUT2D eigenvalue weighted by Crippen LogP contribution is -2.40. The Balaban J connectivity index is 0.00000242. The summed E-state index contributed by atoms with van der Waals surface area (Å²) in [5.74, 6) is 0.657. The average molecular weight is 323 g/mol. The Kier molecular flexibility index (Phi) is 7.15. The van der Waals surface area contributed by atoms with Crippen LogP contribution in [0.4, 0.5) is 0 Å². The Morgan fingerprint density at radius 2 is 2.00 bits per heavy atom. The first-order chi connectivity index (χ1) is 10.2. The monoisotopic (exact) mass is 322 g/mol. The minimum Gasteiger partial charge on any atom is -0.496 e. The van der Waals surface area contributed by atoms with Crippen molar-refractivity contribution in [1.82, 2.24) is 5.32 Å². The zero-order chi connectivity index (χ0) is 15.2. The molecule has 1 amide bonds. The van der Waals surface area contributed by atoms with Crippen molar-refractivity contribution in [2.24, 2.45) is 5.73 Å². The molecule has 1 unspecified atom stereocenters. The summed E-state index contributed by atoms with van der Waals surface area (Å²) in [6.07, 6.45) is 1.59. The zero-order valence-corrected chi connectivity index (χ0v) is 13.8. The molecule has 0 fully saturated rings. The third-order valence-electron chi connectivity index (χ3n) is 3.59. The number of nitrogens with two attached hydrogens (primary N) is 1. The van der Waals surface area contributed by atoms with E-state index in [9.17, 15) is 4.79 Å². The van der Waals surface area contributed by atoms with Crippen LogP contribution in [0.5, 0.6) is 5.75 Å². The van der Waals surface area contributed by atoms with Gasteiger partial charge in [-0.2, -0.15) is 0 Å². The highest BCUT2D eigenvalue weighted by Crippen LogP contribution is 2.27. The molecule has 4 nitrogen and oxygen atoms in total. The van der Waals surface area contributed by atoms with E-state index in [4.69, 9.17) is 10.5 Å². The second kappa shape index (κ2) is 8.61. The van der Waals surface area contributed by atoms with Crippen LogP contribution in [-0.2, 0) is 11.3 Å². The molecule has 120 valence electrons. The number of carbonyl (C=O) groups is 1. The standard InChI is InChI=1S/C17H22N2O2.ClH/c1-3-6-15(18)17(20)19-11-14-13-8-5-4-7-12(13)9-10-16(14)21-2;/h4-5,7-10,15H,3,6,11,18H2,1-2H3,(H,19,20);1H. The summed E-state index contributed by atoms with van der Waals surface area (Å²) in [6.45, 7) is 2.43. The van der Waals surface area contributed by atoms with Crippen molar-refractivity contribution in [2.45, 2.75) is 32.4 Å². The van der Waals surface area contributed by atoms with Crippen molar-refractivity contribution in [2.75, 3.05) is 7.11 Å². The fourth-order valence-electron chi connectivity index (χ4n) is 2.44. The smallest absolute Gasteiger partial charge is 0.237 e. The predicted molar refractivity (Wildman–Crippen MR) is 92.5 cm³/mol. The predicted octanol–water partition coefficient (Wildman–Crippen LogP) is 3.01. The van der Waals surface area contributed by atoms with Gasteiger partial charge in [-0.3, -0.25) is 4.79 Å². The molecule has 0 bridgehead atoms. The quantitative estimate of drug-likeness (QED) is 0.859. The maximum atomic E-state index is 12.0. The molecule has 0 radical (unpaired) electrons. The van der Waals surface area contributed by atoms with E-state index in [1.54, 1.807) is 7.11 Å². The Morgan fingerprint density at radius 1 is 1.27 bits per heavy atom. The molecule has 5 heteroatoms. The number of rotatable bonds is 6. The number of hydrogen-bond donors (Lipinski definition) is 2. The van der Waals surface area contributed by atoms with Crippen molar-refractivity contribution in [1.29, 1.82) is 0 Å². The summed E-state index contributed by atoms with van der Waals surface area (Å²) in [7, 11) is 1.64. The third kappa shape index (κ3) is 4.12. The van der Waals surface area contributed by atoms with Gasteiger partial charge in [0.25, 0.3) is 0 Å². The van der Waals surface area contributed by atoms with Gasteiger partial charge in [-0.05, 0) is 23.3 Å². The first-order valence-corrected chi connectivity index (χ1v) is 7.25. The SMILES string of the molecule is CCCC(N)C(=O)NCc1c(OC)ccc2ccccc12.Cl. The van der Waals surface area contributed by atoms with Gasteiger partial charge in [0.2, 0.25) is 5.91 Å². The highest BCUT2D eigenvalue weighted by atomic mass is 35.5. The van der Waals surface area contributed by atoms with Gasteiger partial charge in [0, 0.05) is 12.1 Å². The van der Waals surface area contributed by atoms with Crippen molar-refractivity contribution < 1.29 is 9.53 Å². The average Bonchev–Trinajstić information content (AvgIpc) is 2.52. The van der Waals surface area contributed by atoms with Crippen molar-refractivity contribution in [3.05, 3.63) is 42.0 Å². The van der Waals surface area contributed by atoms with Gasteiger partial charge in [-0.25, -0.2) is 0 Å². The summed E-state index contributed by atoms with van der Waals surface area (Å²) in [5.41, 5.74) is 6.81. The lowest BCUT2D eigenvalue weighted by Gasteiger charge is -2.15. The van der Waals surface area contributed by atoms with Crippen LogP contribution in [-0.4, -0.2) is 19.1 Å². The first kappa shape index (κ1) is 18.3. The van der Waals surface area contributed by atoms with E-state index in [0.29, 0.717) is 13.0 Å². The molecule has 0 spiro atoms. The number of fused-ring (bicyclic) bond motifs is 1. The minimum absolute atomic E-state index is 0. The lowest BCUT2D eigenvalue weighted by molar-refractivity contribution is -0.122. The van der Waals surface area contributed by atoms with Crippen LogP contribution in [0.1, 0.15) is 25.3 Å². The molecular formula is C17H23ClN2O2. The van der Waals surface area contributed by atoms with Gasteiger partial charge >= 0.3 is 0 Å². The van der Waals surface area contributed by atoms with E-state index in [0.717, 1.165) is 28.5 Å². The van der Waals surface area contributed by atoms with Crippen LogP contribution >= 0.6 is 12.4 Å². The van der Waals surface area contributed by atoms with E-state index in [2.05, 4.69) is 5.32 Å². The molecule has 0 saturated carbocycles. The van der Waals surface area contributed by atoms with Gasteiger partial charge < -0.3 is 15.8 Å². The Bertz CT molecular complexity index is 631. The number of carbonyl (C=O) groups excluding carboxylic acids is 1. The van der Waals surface area contributed by atoms with Gasteiger partial charge in [-0.15, -0.1) is 12.4 Å². The number of benzene rings is 2. The second-order valence-electron chi connectivity index (χ2n) is 5.08. The number of amides is 1. The van der Waals surface area contributed by atoms with E-state index in [1.807, 2.05) is 43.3 Å². The molecule has 0 aromatic heterocycles. The second-order valence-corrected chi connectivity index (χ2v) is 5.08. The Labute approximate surface area is 137 Å². The van der Waals surface area contributed by atoms with Gasteiger partial charge in [-0.1, -0.05) is 43.7 Å². The van der Waals surface area contributed by atoms with Gasteiger partial charge in [0.05, 0.1) is 13.2 Å². The van der Waals surface area contributed by atoms with Crippen molar-refractivity contribution in [3.8, 4) is 5.75 Å². The first-order valence-electron chi connectivity index (χ1n) is 7.25. The molecule has 1 atom stereocenters. The van der Waals surface area contributed by atoms with Crippen molar-refractivity contribution >= 4 is 29.1 Å². The summed E-state index contributed by atoms with van der Waals surface area (Å²) >= 11 is 0. The number of ether oxygens (including phenoxy) is 1. The molecule has 0 saturated heterocycles. The van der Waals surface area contributed by atoms with Crippen LogP contribution < -0.4 is 15.8 Å². The van der Waals surface area contributed by atoms with Crippen LogP contribution in [0, 0.1) is 0 Å². The minimum atomic E-state index is -0.448. The maximum absolute atomic E-state index is 12.0. The van der Waals surface area contributed by atoms with E-state index in [1.165, 1.54) is 0 Å². The Morgan fingerprint density at radius 3 is 2.68 bits per heavy atom. The highest BCUT2D eigenvalue weighted by Gasteiger charge is 2.14. The summed E-state index contributed by atoms with van der Waals surface area (Å²) in [4.78, 5) is 12.0. The van der Waals surface area contributed by atoms with E-state index >= 15 is 0 Å². The molecule has 2 rings (SSSR count). The Hall–Kier alpha value is -1.78. The summed E-state index contributed by atoms with van der Waals surface area (Å²) < 4.78 is 5.41. The third-order valence-corrected chi connectivity index (χ3v) is 3.59. The molecule has 2 aromatic rings. The maximum Gasteiger partial charge on any atom is 0.237 e. The fourth-order valence-corrected chi connectivity index (χ4v) is 2.44. The molecule has 0 aliphatic heterocycles. The number of halogens is 1. The van der Waals surface area contributed by atoms with E-state index in [-0.39, 0.29) is 18.3 Å². The van der Waals surface area contributed by atoms with Gasteiger partial charge in [0.1, 0.15) is 5.75 Å². The van der Waals surface area contributed by atoms with Crippen LogP contribution in [0.2, 0.25) is 0 Å². The number of hydrogen-bond acceptors (Lipinski definition) is 3. The lowest BCUT2D eigenvalue weighted by atomic mass is 10.0. The fraction of sp³-hybridized carbons (Fsp3) is 0.353. The van der Waals surface area contributed by atoms with E-state index < -0.39 is 6.04 Å². The number of methoxy groups -OCH3 is 1. The normalized spacial score (nSPS) is 11.6. The summed E-state index contributed by atoms with van der Waals surface area (Å²) in [5, 5.41) is 5.12. The molecule has 2 aromatic carbocycles. The number of nitrogens with one attached hydrogen (secondary N) is 1. The zero-order valence-electron chi connectivity index (χ0n) is 13.0. The topological polar surface area (TPSA) is 64.4 Å². The van der Waals surface area contributed by atoms with Crippen LogP contribution in [0.3, 0.4) is 0 Å². The molecule has 22 heavy (non-hydrogen) atoms. The van der Waals surface area contributed by atoms with Crippen molar-refractivity contribution in [3.63, 3.8) is 0 Å². The molecule has 0 aliphatic carbocycles. The van der Waals surface area contributed by atoms with Crippen LogP contribution in [0.15, 0.2) is 36.4 Å². The highest BCUT2D eigenvalue weighted by molar-refractivity contribution is 5.88.